The summed E-state index contributed by atoms with van der Waals surface area (Å²) in [5, 5.41) is 1.64. The van der Waals surface area contributed by atoms with E-state index < -0.39 is 8.07 Å². The smallest absolute Gasteiger partial charge is 0.198 e. The Morgan fingerprint density at radius 3 is 2.27 bits per heavy atom. The third-order valence-corrected chi connectivity index (χ3v) is 13.7. The highest BCUT2D eigenvalue weighted by Crippen LogP contribution is 2.50. The van der Waals surface area contributed by atoms with Crippen molar-refractivity contribution in [3.05, 3.63) is 126 Å². The van der Waals surface area contributed by atoms with E-state index in [4.69, 9.17) is 0 Å². The van der Waals surface area contributed by atoms with Gasteiger partial charge in [0.2, 0.25) is 5.69 Å². The molecule has 256 valence electrons. The normalized spacial score (nSPS) is 19.0. The molecule has 0 N–H and O–H groups in total. The SMILES string of the molecule is C=CCC1C(C([n+]2cc(C)c(-c3ccccc3)cc2C)C(C)(C)/C=C\C)c2ccccc2-c2cc(CC3CCCCC3)c([Si](C)(C)C)c[n+]21. The standard InChI is InChI=1S/C46H60N2Si/c1-10-20-41-44(45(46(5,6)27-11-2)47-31-33(3)40(28-34(47)4)36-23-16-13-17-24-36)39-26-19-18-25-38(39)42-30-37(29-35-21-14-12-15-22-35)43(32-48(41)42)49(7,8)9/h10-11,13,16-19,23-28,30-32,35,41,44-45H,1,12,14-15,20-22,29H2,2-9H3/q+2/b27-11-. The first-order valence-corrected chi connectivity index (χ1v) is 22.4. The van der Waals surface area contributed by atoms with Gasteiger partial charge in [-0.3, -0.25) is 0 Å². The van der Waals surface area contributed by atoms with Crippen molar-refractivity contribution < 1.29 is 9.13 Å². The number of aryl methyl sites for hydroxylation is 2. The molecular formula is C46H60N2Si+2. The molecular weight excluding hydrogens is 609 g/mol. The third kappa shape index (κ3) is 7.06. The molecule has 4 aromatic rings. The Morgan fingerprint density at radius 2 is 1.59 bits per heavy atom. The highest BCUT2D eigenvalue weighted by Gasteiger charge is 2.53. The van der Waals surface area contributed by atoms with Crippen LogP contribution in [0.2, 0.25) is 19.6 Å². The molecule has 2 aromatic carbocycles. The largest absolute Gasteiger partial charge is 0.213 e. The maximum absolute atomic E-state index is 4.37. The minimum Gasteiger partial charge on any atom is -0.198 e. The fourth-order valence-corrected chi connectivity index (χ4v) is 11.1. The van der Waals surface area contributed by atoms with Gasteiger partial charge in [0.1, 0.15) is 5.92 Å². The number of nitrogens with zero attached hydrogens (tertiary/aromatic N) is 2. The molecule has 0 radical (unpaired) electrons. The summed E-state index contributed by atoms with van der Waals surface area (Å²) in [6.07, 6.45) is 21.1. The first-order chi connectivity index (χ1) is 23.4. The number of pyridine rings is 2. The average Bonchev–Trinajstić information content (AvgIpc) is 3.07. The van der Waals surface area contributed by atoms with Crippen LogP contribution in [-0.4, -0.2) is 8.07 Å². The first kappa shape index (κ1) is 35.3. The van der Waals surface area contributed by atoms with Crippen molar-refractivity contribution in [2.75, 3.05) is 0 Å². The summed E-state index contributed by atoms with van der Waals surface area (Å²) in [5.41, 5.74) is 11.0. The van der Waals surface area contributed by atoms with E-state index in [0.717, 1.165) is 12.3 Å². The van der Waals surface area contributed by atoms with Gasteiger partial charge in [-0.2, -0.15) is 9.13 Å². The van der Waals surface area contributed by atoms with Crippen molar-refractivity contribution in [2.24, 2.45) is 11.3 Å². The Morgan fingerprint density at radius 1 is 0.898 bits per heavy atom. The summed E-state index contributed by atoms with van der Waals surface area (Å²) in [7, 11) is -1.65. The Kier molecular flexibility index (Phi) is 10.3. The average molecular weight is 669 g/mol. The van der Waals surface area contributed by atoms with Crippen LogP contribution in [0.25, 0.3) is 22.4 Å². The maximum Gasteiger partial charge on any atom is 0.213 e. The molecule has 2 nitrogen and oxygen atoms in total. The lowest BCUT2D eigenvalue weighted by molar-refractivity contribution is -0.768. The summed E-state index contributed by atoms with van der Waals surface area (Å²) < 4.78 is 5.34. The van der Waals surface area contributed by atoms with Crippen LogP contribution in [0, 0.1) is 25.2 Å². The number of benzene rings is 2. The van der Waals surface area contributed by atoms with Crippen LogP contribution in [0.5, 0.6) is 0 Å². The predicted octanol–water partition coefficient (Wildman–Crippen LogP) is 10.9. The van der Waals surface area contributed by atoms with Gasteiger partial charge >= 0.3 is 0 Å². The number of hydrogen-bond acceptors (Lipinski definition) is 0. The van der Waals surface area contributed by atoms with Crippen molar-refractivity contribution in [1.82, 2.24) is 0 Å². The molecule has 3 atom stereocenters. The Labute approximate surface area is 298 Å². The molecule has 6 rings (SSSR count). The van der Waals surface area contributed by atoms with E-state index in [-0.39, 0.29) is 23.4 Å². The summed E-state index contributed by atoms with van der Waals surface area (Å²) in [6, 6.07) is 25.7. The van der Waals surface area contributed by atoms with Crippen LogP contribution in [0.3, 0.4) is 0 Å². The van der Waals surface area contributed by atoms with Crippen molar-refractivity contribution in [2.45, 2.75) is 117 Å². The van der Waals surface area contributed by atoms with E-state index >= 15 is 0 Å². The molecule has 2 aliphatic rings. The summed E-state index contributed by atoms with van der Waals surface area (Å²) in [4.78, 5) is 0. The molecule has 49 heavy (non-hydrogen) atoms. The van der Waals surface area contributed by atoms with Gasteiger partial charge in [0.15, 0.2) is 30.2 Å². The molecule has 0 spiro atoms. The molecule has 3 heterocycles. The van der Waals surface area contributed by atoms with Crippen molar-refractivity contribution >= 4 is 13.3 Å². The maximum atomic E-state index is 4.37. The van der Waals surface area contributed by atoms with Crippen LogP contribution in [-0.2, 0) is 6.42 Å². The molecule has 0 amide bonds. The van der Waals surface area contributed by atoms with Gasteiger partial charge in [-0.1, -0.05) is 119 Å². The zero-order valence-corrected chi connectivity index (χ0v) is 32.6. The fourth-order valence-electron chi connectivity index (χ4n) is 9.39. The van der Waals surface area contributed by atoms with E-state index in [1.165, 1.54) is 77.7 Å². The van der Waals surface area contributed by atoms with Gasteiger partial charge in [0, 0.05) is 41.6 Å². The third-order valence-electron chi connectivity index (χ3n) is 11.6. The first-order valence-electron chi connectivity index (χ1n) is 18.9. The Balaban J connectivity index is 1.59. The molecule has 3 unspecified atom stereocenters. The summed E-state index contributed by atoms with van der Waals surface area (Å²) >= 11 is 0. The van der Waals surface area contributed by atoms with Gasteiger partial charge in [-0.15, -0.1) is 6.58 Å². The molecule has 1 fully saturated rings. The highest BCUT2D eigenvalue weighted by atomic mass is 28.3. The number of hydrogen-bond donors (Lipinski definition) is 0. The van der Waals surface area contributed by atoms with Gasteiger partial charge in [-0.05, 0) is 68.4 Å². The Hall–Kier alpha value is -3.56. The van der Waals surface area contributed by atoms with E-state index in [2.05, 4.69) is 167 Å². The van der Waals surface area contributed by atoms with Crippen molar-refractivity contribution in [1.29, 1.82) is 0 Å². The van der Waals surface area contributed by atoms with Crippen LogP contribution in [0.15, 0.2) is 104 Å². The number of aromatic nitrogens is 2. The molecule has 3 heteroatoms. The minimum absolute atomic E-state index is 0.122. The fraction of sp³-hybridized carbons (Fsp3) is 0.435. The molecule has 1 aliphatic heterocycles. The minimum atomic E-state index is -1.65. The van der Waals surface area contributed by atoms with Crippen molar-refractivity contribution in [3.63, 3.8) is 0 Å². The lowest BCUT2D eigenvalue weighted by atomic mass is 9.68. The van der Waals surface area contributed by atoms with Gasteiger partial charge in [0.05, 0.1) is 13.6 Å². The predicted molar refractivity (Wildman–Crippen MR) is 211 cm³/mol. The van der Waals surface area contributed by atoms with Gasteiger partial charge in [0.25, 0.3) is 0 Å². The second-order valence-electron chi connectivity index (χ2n) is 16.7. The second kappa shape index (κ2) is 14.4. The van der Waals surface area contributed by atoms with Gasteiger partial charge in [-0.25, -0.2) is 0 Å². The highest BCUT2D eigenvalue weighted by molar-refractivity contribution is 6.89. The topological polar surface area (TPSA) is 7.76 Å². The lowest BCUT2D eigenvalue weighted by Crippen LogP contribution is -2.59. The van der Waals surface area contributed by atoms with E-state index in [1.54, 1.807) is 10.8 Å². The zero-order chi connectivity index (χ0) is 34.9. The molecule has 0 bridgehead atoms. The molecule has 1 saturated carbocycles. The number of rotatable bonds is 10. The van der Waals surface area contributed by atoms with E-state index in [9.17, 15) is 0 Å². The van der Waals surface area contributed by atoms with Crippen LogP contribution in [0.1, 0.15) is 99.7 Å². The lowest BCUT2D eigenvalue weighted by Gasteiger charge is -2.39. The molecule has 1 aliphatic carbocycles. The Bertz CT molecular complexity index is 1820. The van der Waals surface area contributed by atoms with Gasteiger partial charge < -0.3 is 0 Å². The van der Waals surface area contributed by atoms with Crippen LogP contribution in [0.4, 0.5) is 0 Å². The molecule has 0 saturated heterocycles. The zero-order valence-electron chi connectivity index (χ0n) is 31.6. The van der Waals surface area contributed by atoms with Crippen LogP contribution < -0.4 is 14.3 Å². The van der Waals surface area contributed by atoms with E-state index in [1.807, 2.05) is 0 Å². The monoisotopic (exact) mass is 668 g/mol. The van der Waals surface area contributed by atoms with Crippen LogP contribution >= 0.6 is 0 Å². The summed E-state index contributed by atoms with van der Waals surface area (Å²) in [5.74, 6) is 1.05. The number of fused-ring (bicyclic) bond motifs is 3. The summed E-state index contributed by atoms with van der Waals surface area (Å²) in [6.45, 7) is 23.7. The second-order valence-corrected chi connectivity index (χ2v) is 21.8. The molecule has 2 aromatic heterocycles. The number of allylic oxidation sites excluding steroid dienone is 3. The van der Waals surface area contributed by atoms with Crippen molar-refractivity contribution in [3.8, 4) is 22.4 Å². The van der Waals surface area contributed by atoms with E-state index in [0.29, 0.717) is 0 Å². The quantitative estimate of drug-likeness (QED) is 0.0903.